The van der Waals surface area contributed by atoms with Crippen LogP contribution in [-0.4, -0.2) is 31.4 Å². The molecule has 9 heteroatoms. The number of hydrogen-bond donors (Lipinski definition) is 1. The molecule has 3 aromatic heterocycles. The van der Waals surface area contributed by atoms with Crippen molar-refractivity contribution in [1.29, 1.82) is 0 Å². The van der Waals surface area contributed by atoms with Crippen LogP contribution < -0.4 is 5.32 Å². The zero-order chi connectivity index (χ0) is 19.9. The number of hydrogen-bond acceptors (Lipinski definition) is 7. The lowest BCUT2D eigenvalue weighted by Gasteiger charge is -2.17. The van der Waals surface area contributed by atoms with Crippen LogP contribution in [0.25, 0.3) is 0 Å². The first-order chi connectivity index (χ1) is 14.3. The van der Waals surface area contributed by atoms with Gasteiger partial charge in [0.25, 0.3) is 0 Å². The smallest absolute Gasteiger partial charge is 0.231 e. The quantitative estimate of drug-likeness (QED) is 0.397. The monoisotopic (exact) mass is 441 g/mol. The van der Waals surface area contributed by atoms with E-state index in [1.165, 1.54) is 28.0 Å². The van der Waals surface area contributed by atoms with Crippen LogP contribution in [0, 0.1) is 0 Å². The largest absolute Gasteiger partial charge is 0.342 e. The molecule has 1 atom stereocenters. The SMILES string of the molecule is O=C(CSc1nncn1CCc1cccs1)NC(c1ccccc1)c1nccs1. The molecule has 1 amide bonds. The molecule has 0 aliphatic heterocycles. The molecule has 0 bridgehead atoms. The Morgan fingerprint density at radius 3 is 2.79 bits per heavy atom. The van der Waals surface area contributed by atoms with Gasteiger partial charge in [-0.05, 0) is 23.4 Å². The molecule has 0 aliphatic carbocycles. The van der Waals surface area contributed by atoms with E-state index >= 15 is 0 Å². The van der Waals surface area contributed by atoms with Gasteiger partial charge in [0, 0.05) is 23.0 Å². The molecule has 0 spiro atoms. The second kappa shape index (κ2) is 9.82. The van der Waals surface area contributed by atoms with Gasteiger partial charge in [-0.15, -0.1) is 32.9 Å². The summed E-state index contributed by atoms with van der Waals surface area (Å²) in [7, 11) is 0. The molecule has 148 valence electrons. The van der Waals surface area contributed by atoms with Gasteiger partial charge in [-0.25, -0.2) is 4.98 Å². The Morgan fingerprint density at radius 2 is 2.03 bits per heavy atom. The highest BCUT2D eigenvalue weighted by Crippen LogP contribution is 2.24. The summed E-state index contributed by atoms with van der Waals surface area (Å²) < 4.78 is 1.99. The van der Waals surface area contributed by atoms with Gasteiger partial charge < -0.3 is 9.88 Å². The molecule has 0 fully saturated rings. The van der Waals surface area contributed by atoms with Gasteiger partial charge in [0.15, 0.2) is 5.16 Å². The van der Waals surface area contributed by atoms with Gasteiger partial charge in [0.2, 0.25) is 5.91 Å². The van der Waals surface area contributed by atoms with Crippen LogP contribution in [0.4, 0.5) is 0 Å². The van der Waals surface area contributed by atoms with Gasteiger partial charge in [-0.2, -0.15) is 0 Å². The summed E-state index contributed by atoms with van der Waals surface area (Å²) >= 11 is 4.67. The van der Waals surface area contributed by atoms with Crippen LogP contribution in [0.1, 0.15) is 21.5 Å². The van der Waals surface area contributed by atoms with Gasteiger partial charge in [-0.1, -0.05) is 48.2 Å². The van der Waals surface area contributed by atoms with E-state index in [1.807, 2.05) is 40.3 Å². The summed E-state index contributed by atoms with van der Waals surface area (Å²) in [6, 6.07) is 13.8. The van der Waals surface area contributed by atoms with E-state index in [2.05, 4.69) is 38.0 Å². The topological polar surface area (TPSA) is 72.7 Å². The average Bonchev–Trinajstić information content (AvgIpc) is 3.52. The van der Waals surface area contributed by atoms with Crippen molar-refractivity contribution in [1.82, 2.24) is 25.1 Å². The number of nitrogens with zero attached hydrogens (tertiary/aromatic N) is 4. The molecule has 3 heterocycles. The van der Waals surface area contributed by atoms with E-state index in [9.17, 15) is 4.79 Å². The highest BCUT2D eigenvalue weighted by Gasteiger charge is 2.19. The highest BCUT2D eigenvalue weighted by atomic mass is 32.2. The third-order valence-corrected chi connectivity index (χ3v) is 6.99. The maximum atomic E-state index is 12.7. The Bertz CT molecular complexity index is 1020. The number of amides is 1. The zero-order valence-corrected chi connectivity index (χ0v) is 17.9. The Kier molecular flexibility index (Phi) is 6.71. The highest BCUT2D eigenvalue weighted by molar-refractivity contribution is 7.99. The number of carbonyl (C=O) groups excluding carboxylic acids is 1. The lowest BCUT2D eigenvalue weighted by atomic mass is 10.1. The van der Waals surface area contributed by atoms with Crippen molar-refractivity contribution < 1.29 is 4.79 Å². The van der Waals surface area contributed by atoms with E-state index in [1.54, 1.807) is 23.9 Å². The number of thioether (sulfide) groups is 1. The van der Waals surface area contributed by atoms with Crippen LogP contribution >= 0.6 is 34.4 Å². The first kappa shape index (κ1) is 19.8. The number of carbonyl (C=O) groups is 1. The molecule has 0 aliphatic rings. The second-order valence-electron chi connectivity index (χ2n) is 6.21. The van der Waals surface area contributed by atoms with Crippen LogP contribution in [-0.2, 0) is 17.8 Å². The summed E-state index contributed by atoms with van der Waals surface area (Å²) in [6.07, 6.45) is 4.40. The zero-order valence-electron chi connectivity index (χ0n) is 15.5. The van der Waals surface area contributed by atoms with Crippen molar-refractivity contribution in [2.24, 2.45) is 0 Å². The molecule has 1 N–H and O–H groups in total. The number of aromatic nitrogens is 4. The van der Waals surface area contributed by atoms with Crippen LogP contribution in [0.5, 0.6) is 0 Å². The molecule has 0 radical (unpaired) electrons. The Morgan fingerprint density at radius 1 is 1.14 bits per heavy atom. The number of rotatable bonds is 9. The van der Waals surface area contributed by atoms with Crippen LogP contribution in [0.2, 0.25) is 0 Å². The maximum absolute atomic E-state index is 12.7. The molecular weight excluding hydrogens is 422 g/mol. The van der Waals surface area contributed by atoms with Crippen LogP contribution in [0.3, 0.4) is 0 Å². The number of thiophene rings is 1. The lowest BCUT2D eigenvalue weighted by Crippen LogP contribution is -2.30. The summed E-state index contributed by atoms with van der Waals surface area (Å²) in [5.74, 6) is 0.207. The van der Waals surface area contributed by atoms with Crippen LogP contribution in [0.15, 0.2) is 70.9 Å². The van der Waals surface area contributed by atoms with E-state index in [4.69, 9.17) is 0 Å². The lowest BCUT2D eigenvalue weighted by molar-refractivity contribution is -0.119. The normalized spacial score (nSPS) is 12.0. The Labute approximate surface area is 181 Å². The minimum absolute atomic E-state index is 0.0631. The molecule has 0 saturated carbocycles. The minimum Gasteiger partial charge on any atom is -0.342 e. The summed E-state index contributed by atoms with van der Waals surface area (Å²) in [4.78, 5) is 18.4. The van der Waals surface area contributed by atoms with Crippen molar-refractivity contribution in [3.63, 3.8) is 0 Å². The molecule has 1 aromatic carbocycles. The number of thiazole rings is 1. The van der Waals surface area contributed by atoms with E-state index in [0.717, 1.165) is 28.7 Å². The first-order valence-corrected chi connectivity index (χ1v) is 11.8. The fourth-order valence-electron chi connectivity index (χ4n) is 2.84. The van der Waals surface area contributed by atoms with E-state index < -0.39 is 0 Å². The molecule has 0 saturated heterocycles. The van der Waals surface area contributed by atoms with Crippen molar-refractivity contribution in [2.45, 2.75) is 24.2 Å². The van der Waals surface area contributed by atoms with Gasteiger partial charge in [-0.3, -0.25) is 4.79 Å². The van der Waals surface area contributed by atoms with Gasteiger partial charge in [0.05, 0.1) is 5.75 Å². The first-order valence-electron chi connectivity index (χ1n) is 9.06. The molecule has 4 rings (SSSR count). The number of benzene rings is 1. The second-order valence-corrected chi connectivity index (χ2v) is 9.11. The van der Waals surface area contributed by atoms with Crippen molar-refractivity contribution in [3.05, 3.63) is 81.2 Å². The molecule has 6 nitrogen and oxygen atoms in total. The van der Waals surface area contributed by atoms with Crippen molar-refractivity contribution in [3.8, 4) is 0 Å². The fraction of sp³-hybridized carbons (Fsp3) is 0.200. The summed E-state index contributed by atoms with van der Waals surface area (Å²) in [6.45, 7) is 0.795. The Balaban J connectivity index is 1.36. The number of nitrogens with one attached hydrogen (secondary N) is 1. The average molecular weight is 442 g/mol. The fourth-order valence-corrected chi connectivity index (χ4v) is 5.00. The number of aryl methyl sites for hydroxylation is 2. The predicted molar refractivity (Wildman–Crippen MR) is 117 cm³/mol. The molecular formula is C20H19N5OS3. The third kappa shape index (κ3) is 5.31. The molecule has 29 heavy (non-hydrogen) atoms. The van der Waals surface area contributed by atoms with Gasteiger partial charge in [0.1, 0.15) is 17.4 Å². The molecule has 1 unspecified atom stereocenters. The minimum atomic E-state index is -0.249. The van der Waals surface area contributed by atoms with Crippen molar-refractivity contribution >= 4 is 40.3 Å². The molecule has 4 aromatic rings. The predicted octanol–water partition coefficient (Wildman–Crippen LogP) is 4.04. The van der Waals surface area contributed by atoms with Gasteiger partial charge >= 0.3 is 0 Å². The van der Waals surface area contributed by atoms with Crippen molar-refractivity contribution in [2.75, 3.05) is 5.75 Å². The summed E-state index contributed by atoms with van der Waals surface area (Å²) in [5.41, 5.74) is 1.01. The Hall–Kier alpha value is -2.49. The van der Waals surface area contributed by atoms with E-state index in [0.29, 0.717) is 0 Å². The third-order valence-electron chi connectivity index (χ3n) is 4.23. The van der Waals surface area contributed by atoms with E-state index in [-0.39, 0.29) is 17.7 Å². The maximum Gasteiger partial charge on any atom is 0.231 e. The summed E-state index contributed by atoms with van der Waals surface area (Å²) in [5, 5.41) is 16.9. The standard InChI is InChI=1S/C20H19N5OS3/c26-17(23-18(19-21-9-12-28-19)15-5-2-1-3-6-15)13-29-20-24-22-14-25(20)10-8-16-7-4-11-27-16/h1-7,9,11-12,14,18H,8,10,13H2,(H,23,26).